The van der Waals surface area contributed by atoms with Gasteiger partial charge in [-0.15, -0.1) is 0 Å². The lowest BCUT2D eigenvalue weighted by Gasteiger charge is -2.18. The largest absolute Gasteiger partial charge is 0.480 e. The van der Waals surface area contributed by atoms with Crippen molar-refractivity contribution in [3.05, 3.63) is 42.7 Å². The number of carbonyl (C=O) groups is 2. The van der Waals surface area contributed by atoms with Crippen LogP contribution >= 0.6 is 0 Å². The first-order valence-electron chi connectivity index (χ1n) is 4.50. The quantitative estimate of drug-likeness (QED) is 0.788. The summed E-state index contributed by atoms with van der Waals surface area (Å²) in [5.74, 6) is -1.87. The van der Waals surface area contributed by atoms with Crippen LogP contribution in [0.15, 0.2) is 42.7 Å². The third-order valence-electron chi connectivity index (χ3n) is 1.83. The SMILES string of the molecule is O=C(O)CN(C(=O)C=CF)c1ccccc1. The molecule has 1 rings (SSSR count). The van der Waals surface area contributed by atoms with Crippen molar-refractivity contribution in [2.75, 3.05) is 11.4 Å². The van der Waals surface area contributed by atoms with Crippen LogP contribution in [0.5, 0.6) is 0 Å². The van der Waals surface area contributed by atoms with Crippen molar-refractivity contribution in [3.8, 4) is 0 Å². The highest BCUT2D eigenvalue weighted by molar-refractivity contribution is 6.03. The van der Waals surface area contributed by atoms with Crippen molar-refractivity contribution in [2.24, 2.45) is 0 Å². The van der Waals surface area contributed by atoms with Crippen LogP contribution in [0.2, 0.25) is 0 Å². The Labute approximate surface area is 91.6 Å². The fourth-order valence-corrected chi connectivity index (χ4v) is 1.18. The van der Waals surface area contributed by atoms with Gasteiger partial charge in [-0.05, 0) is 12.1 Å². The number of carboxylic acid groups (broad SMARTS) is 1. The fraction of sp³-hybridized carbons (Fsp3) is 0.0909. The number of hydrogen-bond acceptors (Lipinski definition) is 2. The molecule has 0 radical (unpaired) electrons. The third-order valence-corrected chi connectivity index (χ3v) is 1.83. The maximum Gasteiger partial charge on any atom is 0.323 e. The molecule has 0 fully saturated rings. The summed E-state index contributed by atoms with van der Waals surface area (Å²) in [6.07, 6.45) is 0.760. The summed E-state index contributed by atoms with van der Waals surface area (Å²) in [4.78, 5) is 23.0. The topological polar surface area (TPSA) is 57.6 Å². The average molecular weight is 223 g/mol. The van der Waals surface area contributed by atoms with Crippen LogP contribution in [0.3, 0.4) is 0 Å². The van der Waals surface area contributed by atoms with Gasteiger partial charge < -0.3 is 5.11 Å². The maximum atomic E-state index is 11.9. The number of rotatable bonds is 4. The van der Waals surface area contributed by atoms with Gasteiger partial charge in [0, 0.05) is 11.8 Å². The number of carbonyl (C=O) groups excluding carboxylic acids is 1. The molecule has 1 amide bonds. The number of aliphatic carboxylic acids is 1. The number of nitrogens with zero attached hydrogens (tertiary/aromatic N) is 1. The van der Waals surface area contributed by atoms with Crippen molar-refractivity contribution >= 4 is 17.6 Å². The monoisotopic (exact) mass is 223 g/mol. The van der Waals surface area contributed by atoms with Crippen molar-refractivity contribution in [1.29, 1.82) is 0 Å². The van der Waals surface area contributed by atoms with Gasteiger partial charge in [0.2, 0.25) is 0 Å². The van der Waals surface area contributed by atoms with Gasteiger partial charge in [0.25, 0.3) is 5.91 Å². The Kier molecular flexibility index (Phi) is 4.20. The van der Waals surface area contributed by atoms with Crippen LogP contribution in [-0.2, 0) is 9.59 Å². The molecule has 0 aliphatic carbocycles. The van der Waals surface area contributed by atoms with E-state index in [1.807, 2.05) is 0 Å². The molecule has 0 heterocycles. The van der Waals surface area contributed by atoms with Crippen LogP contribution in [0.1, 0.15) is 0 Å². The van der Waals surface area contributed by atoms with Gasteiger partial charge >= 0.3 is 5.97 Å². The van der Waals surface area contributed by atoms with E-state index in [4.69, 9.17) is 5.11 Å². The second-order valence-corrected chi connectivity index (χ2v) is 2.95. The molecule has 4 nitrogen and oxygen atoms in total. The Bertz CT molecular complexity index is 403. The summed E-state index contributed by atoms with van der Waals surface area (Å²) in [6.45, 7) is -0.507. The molecule has 0 atom stereocenters. The number of carboxylic acids is 1. The summed E-state index contributed by atoms with van der Waals surface area (Å²) < 4.78 is 11.9. The normalized spacial score (nSPS) is 10.3. The smallest absolute Gasteiger partial charge is 0.323 e. The van der Waals surface area contributed by atoms with Crippen molar-refractivity contribution in [1.82, 2.24) is 0 Å². The zero-order chi connectivity index (χ0) is 12.0. The molecular weight excluding hydrogens is 213 g/mol. The van der Waals surface area contributed by atoms with Crippen molar-refractivity contribution < 1.29 is 19.1 Å². The highest BCUT2D eigenvalue weighted by Gasteiger charge is 2.16. The summed E-state index contributed by atoms with van der Waals surface area (Å²) in [5, 5.41) is 8.65. The fourth-order valence-electron chi connectivity index (χ4n) is 1.18. The van der Waals surface area contributed by atoms with Crippen LogP contribution in [0, 0.1) is 0 Å². The van der Waals surface area contributed by atoms with Crippen molar-refractivity contribution in [2.45, 2.75) is 0 Å². The van der Waals surface area contributed by atoms with Crippen LogP contribution in [0.25, 0.3) is 0 Å². The lowest BCUT2D eigenvalue weighted by atomic mass is 10.3. The van der Waals surface area contributed by atoms with Gasteiger partial charge in [-0.1, -0.05) is 18.2 Å². The second-order valence-electron chi connectivity index (χ2n) is 2.95. The lowest BCUT2D eigenvalue weighted by molar-refractivity contribution is -0.136. The van der Waals surface area contributed by atoms with E-state index in [1.165, 1.54) is 0 Å². The Balaban J connectivity index is 2.96. The minimum atomic E-state index is -1.16. The molecule has 0 aliphatic heterocycles. The minimum absolute atomic E-state index is 0.0835. The maximum absolute atomic E-state index is 11.9. The Morgan fingerprint density at radius 1 is 1.31 bits per heavy atom. The standard InChI is InChI=1S/C11H10FNO3/c12-7-6-10(14)13(8-11(15)16)9-4-2-1-3-5-9/h1-7H,8H2,(H,15,16). The third kappa shape index (κ3) is 3.20. The van der Waals surface area contributed by atoms with Gasteiger partial charge in [0.1, 0.15) is 6.54 Å². The molecule has 1 aromatic rings. The van der Waals surface area contributed by atoms with E-state index in [-0.39, 0.29) is 6.33 Å². The first kappa shape index (κ1) is 11.9. The summed E-state index contributed by atoms with van der Waals surface area (Å²) in [7, 11) is 0. The molecule has 0 saturated heterocycles. The number of hydrogen-bond donors (Lipinski definition) is 1. The Morgan fingerprint density at radius 2 is 1.94 bits per heavy atom. The first-order valence-corrected chi connectivity index (χ1v) is 4.50. The van der Waals surface area contributed by atoms with Crippen molar-refractivity contribution in [3.63, 3.8) is 0 Å². The van der Waals surface area contributed by atoms with Gasteiger partial charge in [-0.3, -0.25) is 14.5 Å². The van der Waals surface area contributed by atoms with Gasteiger partial charge in [-0.2, -0.15) is 0 Å². The zero-order valence-corrected chi connectivity index (χ0v) is 8.34. The van der Waals surface area contributed by atoms with Crippen LogP contribution in [-0.4, -0.2) is 23.5 Å². The number of benzene rings is 1. The number of anilines is 1. The summed E-state index contributed by atoms with van der Waals surface area (Å²) in [6, 6.07) is 8.21. The van der Waals surface area contributed by atoms with Gasteiger partial charge in [0.05, 0.1) is 6.33 Å². The van der Waals surface area contributed by atoms with E-state index in [2.05, 4.69) is 0 Å². The lowest BCUT2D eigenvalue weighted by Crippen LogP contribution is -2.34. The molecule has 0 unspecified atom stereocenters. The molecule has 0 aromatic heterocycles. The van der Waals surface area contributed by atoms with E-state index in [0.717, 1.165) is 4.90 Å². The summed E-state index contributed by atoms with van der Waals surface area (Å²) >= 11 is 0. The molecule has 1 N–H and O–H groups in total. The highest BCUT2D eigenvalue weighted by atomic mass is 19.1. The predicted molar refractivity (Wildman–Crippen MR) is 56.7 cm³/mol. The number of para-hydroxylation sites is 1. The molecule has 0 bridgehead atoms. The van der Waals surface area contributed by atoms with E-state index < -0.39 is 18.4 Å². The molecule has 0 spiro atoms. The van der Waals surface area contributed by atoms with Gasteiger partial charge in [-0.25, -0.2) is 4.39 Å². The zero-order valence-electron chi connectivity index (χ0n) is 8.34. The van der Waals surface area contributed by atoms with E-state index in [1.54, 1.807) is 30.3 Å². The number of halogens is 1. The molecule has 0 aliphatic rings. The van der Waals surface area contributed by atoms with E-state index in [9.17, 15) is 14.0 Å². The molecule has 0 saturated carbocycles. The summed E-state index contributed by atoms with van der Waals surface area (Å²) in [5.41, 5.74) is 0.410. The van der Waals surface area contributed by atoms with Crippen LogP contribution < -0.4 is 4.90 Å². The molecule has 5 heteroatoms. The van der Waals surface area contributed by atoms with E-state index >= 15 is 0 Å². The minimum Gasteiger partial charge on any atom is -0.480 e. The van der Waals surface area contributed by atoms with Crippen LogP contribution in [0.4, 0.5) is 10.1 Å². The second kappa shape index (κ2) is 5.65. The molecule has 16 heavy (non-hydrogen) atoms. The molecular formula is C11H10FNO3. The highest BCUT2D eigenvalue weighted by Crippen LogP contribution is 2.13. The first-order chi connectivity index (χ1) is 7.65. The van der Waals surface area contributed by atoms with Gasteiger partial charge in [0.15, 0.2) is 0 Å². The number of amides is 1. The Hall–Kier alpha value is -2.17. The predicted octanol–water partition coefficient (Wildman–Crippen LogP) is 1.59. The molecule has 84 valence electrons. The average Bonchev–Trinajstić information content (AvgIpc) is 2.27. The van der Waals surface area contributed by atoms with E-state index in [0.29, 0.717) is 11.8 Å². The Morgan fingerprint density at radius 3 is 2.44 bits per heavy atom. The molecule has 1 aromatic carbocycles.